The molecular formula is C21H20N4O3. The van der Waals surface area contributed by atoms with E-state index in [9.17, 15) is 9.59 Å². The molecule has 3 rings (SSSR count). The normalized spacial score (nSPS) is 10.3. The van der Waals surface area contributed by atoms with Crippen LogP contribution in [0.2, 0.25) is 0 Å². The number of aromatic nitrogens is 1. The lowest BCUT2D eigenvalue weighted by molar-refractivity contribution is -0.121. The topological polar surface area (TPSA) is 106 Å². The van der Waals surface area contributed by atoms with Gasteiger partial charge in [0.15, 0.2) is 0 Å². The molecule has 0 aliphatic heterocycles. The lowest BCUT2D eigenvalue weighted by Crippen LogP contribution is -2.18. The molecule has 0 saturated carbocycles. The van der Waals surface area contributed by atoms with E-state index >= 15 is 0 Å². The van der Waals surface area contributed by atoms with E-state index in [0.717, 1.165) is 5.69 Å². The van der Waals surface area contributed by atoms with Crippen LogP contribution in [0.4, 0.5) is 17.1 Å². The van der Waals surface area contributed by atoms with Gasteiger partial charge in [-0.25, -0.2) is 0 Å². The van der Waals surface area contributed by atoms with Crippen LogP contribution in [-0.2, 0) is 16.1 Å². The van der Waals surface area contributed by atoms with Gasteiger partial charge in [-0.1, -0.05) is 18.2 Å². The molecule has 0 radical (unpaired) electrons. The molecule has 7 heteroatoms. The first-order chi connectivity index (χ1) is 13.6. The Balaban J connectivity index is 1.49. The Kier molecular flexibility index (Phi) is 6.33. The minimum absolute atomic E-state index is 0.0912. The summed E-state index contributed by atoms with van der Waals surface area (Å²) < 4.78 is 5.34. The smallest absolute Gasteiger partial charge is 0.255 e. The van der Waals surface area contributed by atoms with Gasteiger partial charge in [-0.15, -0.1) is 0 Å². The summed E-state index contributed by atoms with van der Waals surface area (Å²) in [6, 6.07) is 19.1. The van der Waals surface area contributed by atoms with Crippen molar-refractivity contribution in [3.05, 3.63) is 84.2 Å². The van der Waals surface area contributed by atoms with E-state index in [1.54, 1.807) is 54.7 Å². The minimum Gasteiger partial charge on any atom is -0.397 e. The number of nitrogens with two attached hydrogens (primary N) is 1. The van der Waals surface area contributed by atoms with Gasteiger partial charge in [-0.3, -0.25) is 14.6 Å². The average molecular weight is 376 g/mol. The molecule has 0 aliphatic carbocycles. The Hall–Kier alpha value is -3.71. The lowest BCUT2D eigenvalue weighted by atomic mass is 10.2. The van der Waals surface area contributed by atoms with Gasteiger partial charge in [-0.2, -0.15) is 0 Å². The quantitative estimate of drug-likeness (QED) is 0.550. The van der Waals surface area contributed by atoms with Crippen LogP contribution in [0.5, 0.6) is 0 Å². The molecule has 2 aromatic carbocycles. The van der Waals surface area contributed by atoms with Crippen LogP contribution in [0.15, 0.2) is 72.9 Å². The molecule has 0 unspecified atom stereocenters. The highest BCUT2D eigenvalue weighted by Gasteiger charge is 2.09. The predicted octanol–water partition coefficient (Wildman–Crippen LogP) is 3.07. The molecule has 3 aromatic rings. The fraction of sp³-hybridized carbons (Fsp3) is 0.0952. The lowest BCUT2D eigenvalue weighted by Gasteiger charge is -2.09. The fourth-order valence-electron chi connectivity index (χ4n) is 2.44. The van der Waals surface area contributed by atoms with E-state index in [-0.39, 0.29) is 25.0 Å². The van der Waals surface area contributed by atoms with Crippen molar-refractivity contribution in [3.63, 3.8) is 0 Å². The standard InChI is InChI=1S/C21H20N4O3/c22-18-6-1-2-7-19(18)25-21(27)15-8-10-16(11-9-15)24-20(26)14-28-13-17-5-3-4-12-23-17/h1-12H,13-14,22H2,(H,24,26)(H,25,27). The van der Waals surface area contributed by atoms with Crippen LogP contribution >= 0.6 is 0 Å². The number of anilines is 3. The first-order valence-electron chi connectivity index (χ1n) is 8.65. The average Bonchev–Trinajstić information content (AvgIpc) is 2.71. The number of nitrogens with one attached hydrogen (secondary N) is 2. The number of hydrogen-bond acceptors (Lipinski definition) is 5. The molecule has 0 aliphatic rings. The van der Waals surface area contributed by atoms with E-state index in [1.165, 1.54) is 0 Å². The largest absolute Gasteiger partial charge is 0.397 e. The molecule has 1 aromatic heterocycles. The van der Waals surface area contributed by atoms with Crippen LogP contribution in [0.3, 0.4) is 0 Å². The Labute approximate surface area is 162 Å². The molecule has 1 heterocycles. The first kappa shape index (κ1) is 19.1. The van der Waals surface area contributed by atoms with E-state index in [0.29, 0.717) is 22.6 Å². The molecule has 0 saturated heterocycles. The summed E-state index contributed by atoms with van der Waals surface area (Å²) >= 11 is 0. The Bertz CT molecular complexity index is 943. The molecule has 0 fully saturated rings. The van der Waals surface area contributed by atoms with Gasteiger partial charge in [0.2, 0.25) is 5.91 Å². The number of benzene rings is 2. The Morgan fingerprint density at radius 3 is 2.39 bits per heavy atom. The third-order valence-corrected chi connectivity index (χ3v) is 3.85. The number of nitrogens with zero attached hydrogens (tertiary/aromatic N) is 1. The van der Waals surface area contributed by atoms with E-state index in [4.69, 9.17) is 10.5 Å². The maximum Gasteiger partial charge on any atom is 0.255 e. The van der Waals surface area contributed by atoms with Crippen molar-refractivity contribution in [1.82, 2.24) is 4.98 Å². The summed E-state index contributed by atoms with van der Waals surface area (Å²) in [6.45, 7) is 0.169. The van der Waals surface area contributed by atoms with Gasteiger partial charge < -0.3 is 21.1 Å². The zero-order valence-electron chi connectivity index (χ0n) is 15.1. The maximum absolute atomic E-state index is 12.3. The third-order valence-electron chi connectivity index (χ3n) is 3.85. The van der Waals surface area contributed by atoms with Crippen molar-refractivity contribution in [2.75, 3.05) is 23.0 Å². The van der Waals surface area contributed by atoms with Crippen molar-refractivity contribution in [3.8, 4) is 0 Å². The zero-order valence-corrected chi connectivity index (χ0v) is 15.1. The highest BCUT2D eigenvalue weighted by Crippen LogP contribution is 2.18. The third kappa shape index (κ3) is 5.39. The van der Waals surface area contributed by atoms with Gasteiger partial charge in [0.05, 0.1) is 23.7 Å². The number of rotatable bonds is 7. The molecule has 142 valence electrons. The molecular weight excluding hydrogens is 356 g/mol. The number of hydrogen-bond donors (Lipinski definition) is 3. The molecule has 0 spiro atoms. The number of carbonyl (C=O) groups is 2. The molecule has 2 amide bonds. The van der Waals surface area contributed by atoms with Crippen LogP contribution in [0.1, 0.15) is 16.1 Å². The van der Waals surface area contributed by atoms with Gasteiger partial charge in [0, 0.05) is 17.4 Å². The Morgan fingerprint density at radius 2 is 1.68 bits per heavy atom. The summed E-state index contributed by atoms with van der Waals surface area (Å²) in [5.74, 6) is -0.570. The molecule has 4 N–H and O–H groups in total. The second-order valence-electron chi connectivity index (χ2n) is 5.98. The number of amides is 2. The zero-order chi connectivity index (χ0) is 19.8. The molecule has 7 nitrogen and oxygen atoms in total. The van der Waals surface area contributed by atoms with Crippen molar-refractivity contribution in [2.45, 2.75) is 6.61 Å². The minimum atomic E-state index is -0.287. The second-order valence-corrected chi connectivity index (χ2v) is 5.98. The van der Waals surface area contributed by atoms with Crippen molar-refractivity contribution >= 4 is 28.9 Å². The number of pyridine rings is 1. The summed E-state index contributed by atoms with van der Waals surface area (Å²) in [7, 11) is 0. The second kappa shape index (κ2) is 9.29. The van der Waals surface area contributed by atoms with Gasteiger partial charge >= 0.3 is 0 Å². The van der Waals surface area contributed by atoms with E-state index in [1.807, 2.05) is 18.2 Å². The van der Waals surface area contributed by atoms with E-state index < -0.39 is 0 Å². The SMILES string of the molecule is Nc1ccccc1NC(=O)c1ccc(NC(=O)COCc2ccccn2)cc1. The highest BCUT2D eigenvalue weighted by molar-refractivity contribution is 6.06. The van der Waals surface area contributed by atoms with Gasteiger partial charge in [0.1, 0.15) is 6.61 Å². The fourth-order valence-corrected chi connectivity index (χ4v) is 2.44. The van der Waals surface area contributed by atoms with Crippen molar-refractivity contribution in [1.29, 1.82) is 0 Å². The van der Waals surface area contributed by atoms with Gasteiger partial charge in [-0.05, 0) is 48.5 Å². The number of para-hydroxylation sites is 2. The van der Waals surface area contributed by atoms with Crippen molar-refractivity contribution in [2.24, 2.45) is 0 Å². The summed E-state index contributed by atoms with van der Waals surface area (Å²) in [4.78, 5) is 28.4. The molecule has 28 heavy (non-hydrogen) atoms. The first-order valence-corrected chi connectivity index (χ1v) is 8.65. The van der Waals surface area contributed by atoms with Gasteiger partial charge in [0.25, 0.3) is 5.91 Å². The van der Waals surface area contributed by atoms with Crippen LogP contribution < -0.4 is 16.4 Å². The summed E-state index contributed by atoms with van der Waals surface area (Å²) in [5, 5.41) is 5.47. The van der Waals surface area contributed by atoms with Crippen LogP contribution in [0.25, 0.3) is 0 Å². The van der Waals surface area contributed by atoms with E-state index in [2.05, 4.69) is 15.6 Å². The van der Waals surface area contributed by atoms with Crippen LogP contribution in [-0.4, -0.2) is 23.4 Å². The Morgan fingerprint density at radius 1 is 0.929 bits per heavy atom. The summed E-state index contributed by atoms with van der Waals surface area (Å²) in [5.41, 5.74) is 8.64. The monoisotopic (exact) mass is 376 g/mol. The number of carbonyl (C=O) groups excluding carboxylic acids is 2. The molecule has 0 bridgehead atoms. The summed E-state index contributed by atoms with van der Waals surface area (Å²) in [6.07, 6.45) is 1.67. The maximum atomic E-state index is 12.3. The number of ether oxygens (including phenoxy) is 1. The predicted molar refractivity (Wildman–Crippen MR) is 108 cm³/mol. The molecule has 0 atom stereocenters. The number of nitrogen functional groups attached to an aromatic ring is 1. The van der Waals surface area contributed by atoms with Crippen molar-refractivity contribution < 1.29 is 14.3 Å². The van der Waals surface area contributed by atoms with Crippen LogP contribution in [0, 0.1) is 0 Å². The highest BCUT2D eigenvalue weighted by atomic mass is 16.5.